The number of nitrogens with zero attached hydrogens (tertiary/aromatic N) is 1. The van der Waals surface area contributed by atoms with Crippen LogP contribution in [0.15, 0.2) is 53.0 Å². The maximum absolute atomic E-state index is 12.3. The minimum atomic E-state index is -0.0121. The zero-order chi connectivity index (χ0) is 17.4. The number of anilines is 1. The van der Waals surface area contributed by atoms with Crippen molar-refractivity contribution in [1.29, 1.82) is 0 Å². The van der Waals surface area contributed by atoms with Crippen molar-refractivity contribution < 1.29 is 4.79 Å². The molecule has 2 aromatic carbocycles. The van der Waals surface area contributed by atoms with E-state index in [0.29, 0.717) is 19.6 Å². The predicted octanol–water partition coefficient (Wildman–Crippen LogP) is 3.62. The number of amides is 1. The molecule has 0 saturated heterocycles. The van der Waals surface area contributed by atoms with Gasteiger partial charge in [-0.05, 0) is 42.7 Å². The molecule has 0 bridgehead atoms. The van der Waals surface area contributed by atoms with Crippen LogP contribution in [0, 0.1) is 6.92 Å². The second-order valence-corrected chi connectivity index (χ2v) is 6.72. The molecule has 2 aromatic rings. The number of halogens is 2. The van der Waals surface area contributed by atoms with E-state index < -0.39 is 0 Å². The Morgan fingerprint density at radius 1 is 1.16 bits per heavy atom. The fourth-order valence-corrected chi connectivity index (χ4v) is 3.02. The minimum absolute atomic E-state index is 0. The van der Waals surface area contributed by atoms with E-state index in [0.717, 1.165) is 28.7 Å². The van der Waals surface area contributed by atoms with Crippen molar-refractivity contribution in [2.24, 2.45) is 5.73 Å². The van der Waals surface area contributed by atoms with Crippen LogP contribution < -0.4 is 11.1 Å². The molecular formula is C19H25BrClN3O. The maximum Gasteiger partial charge on any atom is 0.238 e. The Morgan fingerprint density at radius 2 is 1.88 bits per heavy atom. The number of hydrogen-bond acceptors (Lipinski definition) is 3. The first-order valence-corrected chi connectivity index (χ1v) is 8.90. The third kappa shape index (κ3) is 7.57. The van der Waals surface area contributed by atoms with Crippen molar-refractivity contribution in [3.8, 4) is 0 Å². The molecular weight excluding hydrogens is 402 g/mol. The molecule has 1 amide bonds. The molecule has 0 aliphatic heterocycles. The molecule has 3 N–H and O–H groups in total. The summed E-state index contributed by atoms with van der Waals surface area (Å²) < 4.78 is 1.01. The Kier molecular flexibility index (Phi) is 9.75. The van der Waals surface area contributed by atoms with E-state index in [-0.39, 0.29) is 18.3 Å². The summed E-state index contributed by atoms with van der Waals surface area (Å²) in [6.07, 6.45) is 0.908. The second-order valence-electron chi connectivity index (χ2n) is 5.81. The summed E-state index contributed by atoms with van der Waals surface area (Å²) >= 11 is 3.43. The first-order valence-electron chi connectivity index (χ1n) is 8.11. The van der Waals surface area contributed by atoms with Crippen LogP contribution in [-0.4, -0.2) is 37.0 Å². The van der Waals surface area contributed by atoms with E-state index in [2.05, 4.69) is 38.3 Å². The third-order valence-electron chi connectivity index (χ3n) is 3.83. The van der Waals surface area contributed by atoms with Gasteiger partial charge in [-0.1, -0.05) is 46.3 Å². The fourth-order valence-electron chi connectivity index (χ4n) is 2.54. The van der Waals surface area contributed by atoms with Crippen molar-refractivity contribution in [2.75, 3.05) is 31.5 Å². The lowest BCUT2D eigenvalue weighted by Crippen LogP contribution is -2.38. The molecule has 0 unspecified atom stereocenters. The van der Waals surface area contributed by atoms with Crippen molar-refractivity contribution in [3.05, 3.63) is 64.1 Å². The molecule has 0 fully saturated rings. The largest absolute Gasteiger partial charge is 0.329 e. The number of nitrogens with two attached hydrogens (primary N) is 1. The first kappa shape index (κ1) is 21.6. The molecule has 0 spiro atoms. The summed E-state index contributed by atoms with van der Waals surface area (Å²) in [5.74, 6) is -0.0121. The average Bonchev–Trinajstić information content (AvgIpc) is 2.56. The highest BCUT2D eigenvalue weighted by Gasteiger charge is 2.11. The smallest absolute Gasteiger partial charge is 0.238 e. The van der Waals surface area contributed by atoms with Crippen LogP contribution in [0.25, 0.3) is 0 Å². The van der Waals surface area contributed by atoms with Gasteiger partial charge < -0.3 is 11.1 Å². The third-order valence-corrected chi connectivity index (χ3v) is 4.33. The summed E-state index contributed by atoms with van der Waals surface area (Å²) in [4.78, 5) is 14.4. The Labute approximate surface area is 164 Å². The molecule has 2 rings (SSSR count). The Bertz CT molecular complexity index is 667. The summed E-state index contributed by atoms with van der Waals surface area (Å²) in [6.45, 7) is 4.39. The Balaban J connectivity index is 0.00000312. The van der Waals surface area contributed by atoms with Gasteiger partial charge in [-0.15, -0.1) is 12.4 Å². The highest BCUT2D eigenvalue weighted by molar-refractivity contribution is 9.10. The molecule has 0 heterocycles. The van der Waals surface area contributed by atoms with Crippen LogP contribution in [0.1, 0.15) is 11.1 Å². The summed E-state index contributed by atoms with van der Waals surface area (Å²) in [7, 11) is 0. The van der Waals surface area contributed by atoms with Crippen LogP contribution >= 0.6 is 28.3 Å². The topological polar surface area (TPSA) is 58.4 Å². The highest BCUT2D eigenvalue weighted by Crippen LogP contribution is 2.19. The molecule has 0 aromatic heterocycles. The zero-order valence-corrected chi connectivity index (χ0v) is 16.8. The van der Waals surface area contributed by atoms with Gasteiger partial charge in [0.25, 0.3) is 0 Å². The lowest BCUT2D eigenvalue weighted by molar-refractivity contribution is -0.117. The number of carbonyl (C=O) groups is 1. The van der Waals surface area contributed by atoms with Crippen LogP contribution in [0.2, 0.25) is 0 Å². The lowest BCUT2D eigenvalue weighted by atomic mass is 10.1. The quantitative estimate of drug-likeness (QED) is 0.678. The summed E-state index contributed by atoms with van der Waals surface area (Å²) in [6, 6.07) is 16.1. The molecule has 25 heavy (non-hydrogen) atoms. The predicted molar refractivity (Wildman–Crippen MR) is 110 cm³/mol. The van der Waals surface area contributed by atoms with Gasteiger partial charge in [0.1, 0.15) is 0 Å². The van der Waals surface area contributed by atoms with Gasteiger partial charge in [-0.25, -0.2) is 0 Å². The first-order chi connectivity index (χ1) is 11.6. The van der Waals surface area contributed by atoms with E-state index in [1.165, 1.54) is 5.56 Å². The molecule has 0 aliphatic carbocycles. The lowest BCUT2D eigenvalue weighted by Gasteiger charge is -2.21. The highest BCUT2D eigenvalue weighted by atomic mass is 79.9. The number of rotatable bonds is 8. The molecule has 136 valence electrons. The van der Waals surface area contributed by atoms with Gasteiger partial charge in [0.2, 0.25) is 5.91 Å². The summed E-state index contributed by atoms with van der Waals surface area (Å²) in [5.41, 5.74) is 8.84. The van der Waals surface area contributed by atoms with Crippen LogP contribution in [-0.2, 0) is 11.2 Å². The number of nitrogens with one attached hydrogen (secondary N) is 1. The van der Waals surface area contributed by atoms with E-state index in [9.17, 15) is 4.79 Å². The van der Waals surface area contributed by atoms with Crippen LogP contribution in [0.4, 0.5) is 5.69 Å². The molecule has 0 atom stereocenters. The Hall–Kier alpha value is -1.40. The standard InChI is InChI=1S/C19H24BrN3O.ClH/c1-15-13-17(20)7-8-18(15)22-19(24)14-23(12-10-21)11-9-16-5-3-2-4-6-16;/h2-8,13H,9-12,14,21H2,1H3,(H,22,24);1H. The molecule has 6 heteroatoms. The van der Waals surface area contributed by atoms with E-state index in [4.69, 9.17) is 5.73 Å². The van der Waals surface area contributed by atoms with Gasteiger partial charge in [-0.3, -0.25) is 9.69 Å². The van der Waals surface area contributed by atoms with Gasteiger partial charge in [-0.2, -0.15) is 0 Å². The molecule has 0 saturated carbocycles. The van der Waals surface area contributed by atoms with Crippen LogP contribution in [0.3, 0.4) is 0 Å². The minimum Gasteiger partial charge on any atom is -0.329 e. The average molecular weight is 427 g/mol. The fraction of sp³-hybridized carbons (Fsp3) is 0.316. The molecule has 0 radical (unpaired) electrons. The van der Waals surface area contributed by atoms with Crippen molar-refractivity contribution >= 4 is 39.9 Å². The number of hydrogen-bond donors (Lipinski definition) is 2. The monoisotopic (exact) mass is 425 g/mol. The van der Waals surface area contributed by atoms with Gasteiger partial charge >= 0.3 is 0 Å². The maximum atomic E-state index is 12.3. The van der Waals surface area contributed by atoms with Crippen molar-refractivity contribution in [1.82, 2.24) is 4.90 Å². The van der Waals surface area contributed by atoms with Gasteiger partial charge in [0.05, 0.1) is 6.54 Å². The van der Waals surface area contributed by atoms with E-state index >= 15 is 0 Å². The SMILES string of the molecule is Cc1cc(Br)ccc1NC(=O)CN(CCN)CCc1ccccc1.Cl. The number of benzene rings is 2. The molecule has 4 nitrogen and oxygen atoms in total. The molecule has 0 aliphatic rings. The normalized spacial score (nSPS) is 10.4. The van der Waals surface area contributed by atoms with E-state index in [1.807, 2.05) is 43.3 Å². The zero-order valence-electron chi connectivity index (χ0n) is 14.4. The second kappa shape index (κ2) is 11.3. The van der Waals surface area contributed by atoms with E-state index in [1.54, 1.807) is 0 Å². The van der Waals surface area contributed by atoms with Gasteiger partial charge in [0, 0.05) is 29.8 Å². The summed E-state index contributed by atoms with van der Waals surface area (Å²) in [5, 5.41) is 2.98. The van der Waals surface area contributed by atoms with Crippen molar-refractivity contribution in [3.63, 3.8) is 0 Å². The Morgan fingerprint density at radius 3 is 2.52 bits per heavy atom. The number of carbonyl (C=O) groups excluding carboxylic acids is 1. The number of aryl methyl sites for hydroxylation is 1. The van der Waals surface area contributed by atoms with Crippen LogP contribution in [0.5, 0.6) is 0 Å². The van der Waals surface area contributed by atoms with Gasteiger partial charge in [0.15, 0.2) is 0 Å². The van der Waals surface area contributed by atoms with Crippen molar-refractivity contribution in [2.45, 2.75) is 13.3 Å².